The Bertz CT molecular complexity index is 1380. The first-order chi connectivity index (χ1) is 22.3. The Morgan fingerprint density at radius 2 is 1.34 bits per heavy atom. The van der Waals surface area contributed by atoms with Crippen molar-refractivity contribution in [3.63, 3.8) is 0 Å². The number of ether oxygens (including phenoxy) is 7. The van der Waals surface area contributed by atoms with Crippen LogP contribution in [0.3, 0.4) is 0 Å². The van der Waals surface area contributed by atoms with Crippen molar-refractivity contribution in [1.29, 1.82) is 0 Å². The van der Waals surface area contributed by atoms with Crippen LogP contribution in [0.15, 0.2) is 60.7 Å². The summed E-state index contributed by atoms with van der Waals surface area (Å²) in [5, 5.41) is 2.62. The van der Waals surface area contributed by atoms with Gasteiger partial charge in [-0.1, -0.05) is 60.7 Å². The summed E-state index contributed by atoms with van der Waals surface area (Å²) >= 11 is 0. The van der Waals surface area contributed by atoms with Crippen LogP contribution in [0.5, 0.6) is 0 Å². The second-order valence-corrected chi connectivity index (χ2v) is 10.7. The molecule has 0 radical (unpaired) electrons. The average molecular weight is 658 g/mol. The van der Waals surface area contributed by atoms with E-state index in [0.717, 1.165) is 34.8 Å². The van der Waals surface area contributed by atoms with Gasteiger partial charge < -0.3 is 38.5 Å². The summed E-state index contributed by atoms with van der Waals surface area (Å²) in [5.74, 6) is -7.23. The van der Waals surface area contributed by atoms with Crippen LogP contribution in [-0.4, -0.2) is 85.7 Å². The highest BCUT2D eigenvalue weighted by atomic mass is 16.7. The van der Waals surface area contributed by atoms with Crippen LogP contribution in [0, 0.1) is 0 Å². The molecule has 14 heteroatoms. The minimum atomic E-state index is -2.33. The maximum atomic E-state index is 14.3. The molecule has 254 valence electrons. The molecular formula is C33H39NO13. The number of hydrogen-bond acceptors (Lipinski definition) is 13. The highest BCUT2D eigenvalue weighted by molar-refractivity contribution is 5.79. The minimum absolute atomic E-state index is 0.478. The Hall–Kier alpha value is -4.82. The standard InChI is InChI=1S/C33H39NO13/c1-19(35)34-28-26(43-21(3)37)17-33(41-6,32(40)46-29(24-13-9-7-10-14-24)25-15-11-8-12-16-25)47-31(28)30(45-23(5)39)27(44-22(4)38)18-42-20(2)36/h7-16,26-31H,17-18H2,1-6H3,(H,34,35)/t26-,27+,28+,30+,31+,33-/m0/s1. The summed E-state index contributed by atoms with van der Waals surface area (Å²) in [7, 11) is 1.16. The molecule has 0 bridgehead atoms. The van der Waals surface area contributed by atoms with Crippen molar-refractivity contribution in [1.82, 2.24) is 5.32 Å². The van der Waals surface area contributed by atoms with E-state index in [1.54, 1.807) is 60.7 Å². The second-order valence-electron chi connectivity index (χ2n) is 10.7. The molecule has 6 atom stereocenters. The molecule has 0 aliphatic carbocycles. The van der Waals surface area contributed by atoms with E-state index < -0.39 is 91.1 Å². The first-order valence-corrected chi connectivity index (χ1v) is 14.7. The Balaban J connectivity index is 2.17. The molecule has 1 amide bonds. The van der Waals surface area contributed by atoms with Gasteiger partial charge in [0.05, 0.1) is 12.5 Å². The lowest BCUT2D eigenvalue weighted by atomic mass is 9.88. The Kier molecular flexibility index (Phi) is 13.0. The van der Waals surface area contributed by atoms with Crippen molar-refractivity contribution in [2.75, 3.05) is 13.7 Å². The van der Waals surface area contributed by atoms with E-state index in [4.69, 9.17) is 33.2 Å². The van der Waals surface area contributed by atoms with Crippen molar-refractivity contribution in [3.05, 3.63) is 71.8 Å². The van der Waals surface area contributed by atoms with E-state index in [9.17, 15) is 28.8 Å². The van der Waals surface area contributed by atoms with Gasteiger partial charge in [-0.05, 0) is 11.1 Å². The Labute approximate surface area is 271 Å². The van der Waals surface area contributed by atoms with E-state index >= 15 is 0 Å². The van der Waals surface area contributed by atoms with Gasteiger partial charge >= 0.3 is 29.8 Å². The molecular weight excluding hydrogens is 618 g/mol. The van der Waals surface area contributed by atoms with Gasteiger partial charge in [-0.15, -0.1) is 0 Å². The molecule has 1 heterocycles. The van der Waals surface area contributed by atoms with Crippen molar-refractivity contribution in [2.45, 2.75) is 83.4 Å². The maximum Gasteiger partial charge on any atom is 0.367 e. The molecule has 1 N–H and O–H groups in total. The third-order valence-electron chi connectivity index (χ3n) is 7.07. The fraction of sp³-hybridized carbons (Fsp3) is 0.455. The van der Waals surface area contributed by atoms with Gasteiger partial charge in [-0.25, -0.2) is 4.79 Å². The molecule has 2 aromatic rings. The molecule has 47 heavy (non-hydrogen) atoms. The second kappa shape index (κ2) is 16.7. The monoisotopic (exact) mass is 657 g/mol. The van der Waals surface area contributed by atoms with E-state index in [2.05, 4.69) is 5.32 Å². The van der Waals surface area contributed by atoms with Crippen LogP contribution in [-0.2, 0) is 61.9 Å². The summed E-state index contributed by atoms with van der Waals surface area (Å²) < 4.78 is 39.6. The van der Waals surface area contributed by atoms with Crippen LogP contribution in [0.25, 0.3) is 0 Å². The summed E-state index contributed by atoms with van der Waals surface area (Å²) in [6.07, 6.45) is -7.52. The van der Waals surface area contributed by atoms with Gasteiger partial charge in [0.1, 0.15) is 18.8 Å². The zero-order valence-corrected chi connectivity index (χ0v) is 27.0. The number of amides is 1. The Morgan fingerprint density at radius 3 is 1.79 bits per heavy atom. The van der Waals surface area contributed by atoms with Gasteiger partial charge in [0.15, 0.2) is 18.3 Å². The third kappa shape index (κ3) is 10.1. The number of carbonyl (C=O) groups excluding carboxylic acids is 6. The lowest BCUT2D eigenvalue weighted by molar-refractivity contribution is -0.309. The zero-order valence-electron chi connectivity index (χ0n) is 27.0. The summed E-state index contributed by atoms with van der Waals surface area (Å²) in [4.78, 5) is 75.3. The fourth-order valence-electron chi connectivity index (χ4n) is 5.24. The predicted molar refractivity (Wildman–Crippen MR) is 161 cm³/mol. The van der Waals surface area contributed by atoms with E-state index in [-0.39, 0.29) is 0 Å². The lowest BCUT2D eigenvalue weighted by Gasteiger charge is -2.48. The quantitative estimate of drug-likeness (QED) is 0.245. The largest absolute Gasteiger partial charge is 0.462 e. The topological polar surface area (TPSA) is 179 Å². The van der Waals surface area contributed by atoms with Gasteiger partial charge in [0.25, 0.3) is 5.79 Å². The molecule has 0 aromatic heterocycles. The van der Waals surface area contributed by atoms with Crippen LogP contribution >= 0.6 is 0 Å². The third-order valence-corrected chi connectivity index (χ3v) is 7.07. The van der Waals surface area contributed by atoms with Crippen LogP contribution < -0.4 is 5.32 Å². The molecule has 0 spiro atoms. The van der Waals surface area contributed by atoms with Crippen molar-refractivity contribution in [3.8, 4) is 0 Å². The number of hydrogen-bond donors (Lipinski definition) is 1. The number of benzene rings is 2. The van der Waals surface area contributed by atoms with Gasteiger partial charge in [0, 0.05) is 41.7 Å². The highest BCUT2D eigenvalue weighted by Crippen LogP contribution is 2.38. The van der Waals surface area contributed by atoms with Crippen molar-refractivity contribution in [2.24, 2.45) is 0 Å². The zero-order chi connectivity index (χ0) is 34.7. The maximum absolute atomic E-state index is 14.3. The smallest absolute Gasteiger partial charge is 0.367 e. The normalized spacial score (nSPS) is 21.8. The van der Waals surface area contributed by atoms with Crippen LogP contribution in [0.1, 0.15) is 58.3 Å². The van der Waals surface area contributed by atoms with Crippen LogP contribution in [0.4, 0.5) is 0 Å². The number of esters is 5. The molecule has 2 aromatic carbocycles. The first kappa shape index (κ1) is 36.6. The SMILES string of the molecule is CO[C@@]1(C(=O)OC(c2ccccc2)c2ccccc2)C[C@H](OC(C)=O)[C@@H](NC(C)=O)[C@H]([C@H](OC(C)=O)[C@@H](COC(C)=O)OC(C)=O)O1. The van der Waals surface area contributed by atoms with Crippen LogP contribution in [0.2, 0.25) is 0 Å². The molecule has 1 aliphatic rings. The van der Waals surface area contributed by atoms with Gasteiger partial charge in [0.2, 0.25) is 5.91 Å². The Morgan fingerprint density at radius 1 is 0.787 bits per heavy atom. The summed E-state index contributed by atoms with van der Waals surface area (Å²) in [5.41, 5.74) is 1.24. The molecule has 1 fully saturated rings. The van der Waals surface area contributed by atoms with E-state index in [1.165, 1.54) is 6.92 Å². The molecule has 3 rings (SSSR count). The molecule has 0 saturated carbocycles. The summed E-state index contributed by atoms with van der Waals surface area (Å²) in [6, 6.07) is 16.4. The predicted octanol–water partition coefficient (Wildman–Crippen LogP) is 2.31. The summed E-state index contributed by atoms with van der Waals surface area (Å²) in [6.45, 7) is 4.94. The lowest BCUT2D eigenvalue weighted by Crippen LogP contribution is -2.69. The molecule has 14 nitrogen and oxygen atoms in total. The number of carbonyl (C=O) groups is 6. The average Bonchev–Trinajstić information content (AvgIpc) is 3.01. The van der Waals surface area contributed by atoms with E-state index in [0.29, 0.717) is 11.1 Å². The first-order valence-electron chi connectivity index (χ1n) is 14.7. The molecule has 0 unspecified atom stereocenters. The van der Waals surface area contributed by atoms with Gasteiger partial charge in [-0.3, -0.25) is 24.0 Å². The van der Waals surface area contributed by atoms with Crippen molar-refractivity contribution < 1.29 is 61.9 Å². The molecule has 1 aliphatic heterocycles. The van der Waals surface area contributed by atoms with Gasteiger partial charge in [-0.2, -0.15) is 0 Å². The fourth-order valence-corrected chi connectivity index (χ4v) is 5.24. The van der Waals surface area contributed by atoms with E-state index in [1.807, 2.05) is 0 Å². The number of methoxy groups -OCH3 is 1. The minimum Gasteiger partial charge on any atom is -0.462 e. The molecule has 1 saturated heterocycles. The number of nitrogens with one attached hydrogen (secondary N) is 1. The highest BCUT2D eigenvalue weighted by Gasteiger charge is 2.59. The van der Waals surface area contributed by atoms with Crippen molar-refractivity contribution >= 4 is 35.8 Å². The number of rotatable bonds is 13.